The number of benzene rings is 1. The maximum absolute atomic E-state index is 12.8. The van der Waals surface area contributed by atoms with Gasteiger partial charge in [0.05, 0.1) is 40.2 Å². The molecule has 1 N–H and O–H groups in total. The Morgan fingerprint density at radius 1 is 1.04 bits per heavy atom. The first kappa shape index (κ1) is 17.6. The van der Waals surface area contributed by atoms with Gasteiger partial charge in [-0.25, -0.2) is 14.6 Å². The van der Waals surface area contributed by atoms with Crippen molar-refractivity contribution in [2.24, 2.45) is 0 Å². The van der Waals surface area contributed by atoms with Crippen LogP contribution in [0.25, 0.3) is 5.69 Å². The fraction of sp³-hybridized carbons (Fsp3) is 0.263. The molecule has 3 rings (SSSR count). The number of hydrogen-bond donors (Lipinski definition) is 1. The zero-order valence-corrected chi connectivity index (χ0v) is 15.6. The first-order valence-corrected chi connectivity index (χ1v) is 8.32. The molecule has 1 amide bonds. The van der Waals surface area contributed by atoms with Gasteiger partial charge in [-0.1, -0.05) is 18.2 Å². The van der Waals surface area contributed by atoms with Crippen LogP contribution in [-0.4, -0.2) is 39.8 Å². The number of nitrogens with zero attached hydrogens (tertiary/aromatic N) is 5. The van der Waals surface area contributed by atoms with E-state index < -0.39 is 0 Å². The molecule has 0 atom stereocenters. The largest absolute Gasteiger partial charge is 0.347 e. The van der Waals surface area contributed by atoms with Gasteiger partial charge < -0.3 is 10.2 Å². The summed E-state index contributed by atoms with van der Waals surface area (Å²) in [6.45, 7) is 5.59. The van der Waals surface area contributed by atoms with Crippen molar-refractivity contribution in [1.29, 1.82) is 0 Å². The van der Waals surface area contributed by atoms with Crippen LogP contribution in [0, 0.1) is 20.8 Å². The van der Waals surface area contributed by atoms with Crippen LogP contribution in [0.1, 0.15) is 27.4 Å². The predicted molar refractivity (Wildman–Crippen MR) is 102 cm³/mol. The highest BCUT2D eigenvalue weighted by Gasteiger charge is 2.18. The predicted octanol–water partition coefficient (Wildman–Crippen LogP) is 2.91. The van der Waals surface area contributed by atoms with Crippen LogP contribution in [-0.2, 0) is 0 Å². The number of rotatable bonds is 4. The summed E-state index contributed by atoms with van der Waals surface area (Å²) in [5.74, 6) is 0.392. The van der Waals surface area contributed by atoms with E-state index >= 15 is 0 Å². The maximum Gasteiger partial charge on any atom is 0.259 e. The Morgan fingerprint density at radius 3 is 2.23 bits per heavy atom. The minimum Gasteiger partial charge on any atom is -0.347 e. The molecule has 7 nitrogen and oxygen atoms in total. The van der Waals surface area contributed by atoms with Gasteiger partial charge in [-0.2, -0.15) is 5.10 Å². The van der Waals surface area contributed by atoms with Crippen LogP contribution in [0.2, 0.25) is 0 Å². The third kappa shape index (κ3) is 3.28. The molecule has 0 aliphatic carbocycles. The number of carbonyl (C=O) groups is 1. The number of anilines is 2. The van der Waals surface area contributed by atoms with Gasteiger partial charge in [0.1, 0.15) is 0 Å². The molecule has 2 aromatic heterocycles. The Morgan fingerprint density at radius 2 is 1.65 bits per heavy atom. The Bertz CT molecular complexity index is 923. The standard InChI is InChI=1S/C19H22N6O/c1-12-17(13(2)22-19(21-12)24(4)5)23-18(26)16-11-20-25(14(16)3)15-9-7-6-8-10-15/h6-11H,1-5H3,(H,23,26). The highest BCUT2D eigenvalue weighted by molar-refractivity contribution is 6.05. The molecule has 2 heterocycles. The average Bonchev–Trinajstić information content (AvgIpc) is 3.00. The van der Waals surface area contributed by atoms with Crippen LogP contribution in [0.4, 0.5) is 11.6 Å². The van der Waals surface area contributed by atoms with Gasteiger partial charge in [-0.15, -0.1) is 0 Å². The molecule has 0 bridgehead atoms. The summed E-state index contributed by atoms with van der Waals surface area (Å²) >= 11 is 0. The lowest BCUT2D eigenvalue weighted by Gasteiger charge is -2.15. The lowest BCUT2D eigenvalue weighted by Crippen LogP contribution is -2.19. The minimum absolute atomic E-state index is 0.225. The van der Waals surface area contributed by atoms with E-state index in [9.17, 15) is 4.79 Å². The molecular formula is C19H22N6O. The van der Waals surface area contributed by atoms with Crippen molar-refractivity contribution in [3.63, 3.8) is 0 Å². The normalized spacial score (nSPS) is 10.7. The van der Waals surface area contributed by atoms with Gasteiger partial charge in [0, 0.05) is 14.1 Å². The van der Waals surface area contributed by atoms with Crippen molar-refractivity contribution in [1.82, 2.24) is 19.7 Å². The Balaban J connectivity index is 1.89. The van der Waals surface area contributed by atoms with Crippen LogP contribution in [0.3, 0.4) is 0 Å². The molecule has 0 fully saturated rings. The van der Waals surface area contributed by atoms with Crippen molar-refractivity contribution in [3.8, 4) is 5.69 Å². The highest BCUT2D eigenvalue weighted by atomic mass is 16.1. The first-order valence-electron chi connectivity index (χ1n) is 8.32. The number of para-hydroxylation sites is 1. The zero-order chi connectivity index (χ0) is 18.8. The van der Waals surface area contributed by atoms with Gasteiger partial charge in [0.25, 0.3) is 5.91 Å². The zero-order valence-electron chi connectivity index (χ0n) is 15.6. The molecule has 1 aromatic carbocycles. The van der Waals surface area contributed by atoms with Crippen molar-refractivity contribution in [2.45, 2.75) is 20.8 Å². The van der Waals surface area contributed by atoms with E-state index in [-0.39, 0.29) is 5.91 Å². The molecule has 0 aliphatic rings. The maximum atomic E-state index is 12.8. The number of aromatic nitrogens is 4. The molecule has 134 valence electrons. The molecule has 0 saturated carbocycles. The Kier molecular flexibility index (Phi) is 4.71. The van der Waals surface area contributed by atoms with Crippen molar-refractivity contribution >= 4 is 17.5 Å². The molecule has 0 radical (unpaired) electrons. The van der Waals surface area contributed by atoms with Gasteiger partial charge in [-0.05, 0) is 32.9 Å². The van der Waals surface area contributed by atoms with E-state index in [1.54, 1.807) is 10.9 Å². The summed E-state index contributed by atoms with van der Waals surface area (Å²) in [7, 11) is 3.77. The van der Waals surface area contributed by atoms with E-state index in [2.05, 4.69) is 20.4 Å². The summed E-state index contributed by atoms with van der Waals surface area (Å²) in [6, 6.07) is 9.71. The second-order valence-corrected chi connectivity index (χ2v) is 6.31. The lowest BCUT2D eigenvalue weighted by molar-refractivity contribution is 0.102. The minimum atomic E-state index is -0.225. The first-order chi connectivity index (χ1) is 12.4. The quantitative estimate of drug-likeness (QED) is 0.783. The number of carbonyl (C=O) groups excluding carboxylic acids is 1. The molecule has 26 heavy (non-hydrogen) atoms. The molecule has 7 heteroatoms. The van der Waals surface area contributed by atoms with Crippen LogP contribution >= 0.6 is 0 Å². The SMILES string of the molecule is Cc1nc(N(C)C)nc(C)c1NC(=O)c1cnn(-c2ccccc2)c1C. The van der Waals surface area contributed by atoms with Crippen molar-refractivity contribution in [3.05, 3.63) is 59.2 Å². The van der Waals surface area contributed by atoms with Gasteiger partial charge >= 0.3 is 0 Å². The van der Waals surface area contributed by atoms with E-state index in [0.717, 1.165) is 22.8 Å². The number of nitrogens with one attached hydrogen (secondary N) is 1. The van der Waals surface area contributed by atoms with E-state index in [0.29, 0.717) is 17.2 Å². The van der Waals surface area contributed by atoms with E-state index in [1.807, 2.05) is 70.1 Å². The average molecular weight is 350 g/mol. The fourth-order valence-electron chi connectivity index (χ4n) is 2.72. The number of aryl methyl sites for hydroxylation is 2. The summed E-state index contributed by atoms with van der Waals surface area (Å²) < 4.78 is 1.75. The lowest BCUT2D eigenvalue weighted by atomic mass is 10.2. The molecule has 3 aromatic rings. The van der Waals surface area contributed by atoms with Gasteiger partial charge in [0.2, 0.25) is 5.95 Å². The van der Waals surface area contributed by atoms with E-state index in [1.165, 1.54) is 0 Å². The summed E-state index contributed by atoms with van der Waals surface area (Å²) in [6.07, 6.45) is 1.58. The number of hydrogen-bond acceptors (Lipinski definition) is 5. The second-order valence-electron chi connectivity index (χ2n) is 6.31. The van der Waals surface area contributed by atoms with Gasteiger partial charge in [-0.3, -0.25) is 4.79 Å². The summed E-state index contributed by atoms with van der Waals surface area (Å²) in [5, 5.41) is 7.28. The van der Waals surface area contributed by atoms with Crippen molar-refractivity contribution in [2.75, 3.05) is 24.3 Å². The summed E-state index contributed by atoms with van der Waals surface area (Å²) in [5.41, 5.74) is 4.28. The number of amides is 1. The Labute approximate surface area is 152 Å². The monoisotopic (exact) mass is 350 g/mol. The van der Waals surface area contributed by atoms with Crippen LogP contribution < -0.4 is 10.2 Å². The third-order valence-electron chi connectivity index (χ3n) is 4.15. The summed E-state index contributed by atoms with van der Waals surface area (Å²) in [4.78, 5) is 23.5. The van der Waals surface area contributed by atoms with Crippen LogP contribution in [0.15, 0.2) is 36.5 Å². The molecular weight excluding hydrogens is 328 g/mol. The molecule has 0 spiro atoms. The van der Waals surface area contributed by atoms with Crippen molar-refractivity contribution < 1.29 is 4.79 Å². The van der Waals surface area contributed by atoms with Crippen LogP contribution in [0.5, 0.6) is 0 Å². The Hall–Kier alpha value is -3.22. The third-order valence-corrected chi connectivity index (χ3v) is 4.15. The fourth-order valence-corrected chi connectivity index (χ4v) is 2.72. The second kappa shape index (κ2) is 6.95. The smallest absolute Gasteiger partial charge is 0.259 e. The van der Waals surface area contributed by atoms with Gasteiger partial charge in [0.15, 0.2) is 0 Å². The highest BCUT2D eigenvalue weighted by Crippen LogP contribution is 2.21. The molecule has 0 saturated heterocycles. The van der Waals surface area contributed by atoms with E-state index in [4.69, 9.17) is 0 Å². The topological polar surface area (TPSA) is 75.9 Å². The molecule has 0 unspecified atom stereocenters. The molecule has 0 aliphatic heterocycles.